The first-order valence-corrected chi connectivity index (χ1v) is 8.50. The maximum absolute atomic E-state index is 12.7. The largest absolute Gasteiger partial charge is 0.470 e. The predicted molar refractivity (Wildman–Crippen MR) is 103 cm³/mol. The first-order valence-electron chi connectivity index (χ1n) is 8.50. The third-order valence-electron chi connectivity index (χ3n) is 4.03. The summed E-state index contributed by atoms with van der Waals surface area (Å²) in [7, 11) is 2.77. The minimum absolute atomic E-state index is 0.116. The zero-order valence-corrected chi connectivity index (χ0v) is 16.0. The van der Waals surface area contributed by atoms with Gasteiger partial charge in [0, 0.05) is 18.2 Å². The van der Waals surface area contributed by atoms with Crippen molar-refractivity contribution in [1.29, 1.82) is 0 Å². The summed E-state index contributed by atoms with van der Waals surface area (Å²) in [5.41, 5.74) is 5.83. The van der Waals surface area contributed by atoms with Crippen LogP contribution in [-0.2, 0) is 20.5 Å². The molecule has 2 N–H and O–H groups in total. The van der Waals surface area contributed by atoms with Crippen LogP contribution in [0.25, 0.3) is 0 Å². The molecule has 1 atom stereocenters. The van der Waals surface area contributed by atoms with Gasteiger partial charge < -0.3 is 15.3 Å². The molecule has 0 fully saturated rings. The minimum Gasteiger partial charge on any atom is -0.470 e. The summed E-state index contributed by atoms with van der Waals surface area (Å²) in [6.07, 6.45) is -5.02. The van der Waals surface area contributed by atoms with Crippen molar-refractivity contribution in [2.24, 2.45) is 15.9 Å². The third-order valence-corrected chi connectivity index (χ3v) is 4.03. The average molecular weight is 407 g/mol. The van der Waals surface area contributed by atoms with Gasteiger partial charge in [0.05, 0.1) is 5.56 Å². The lowest BCUT2D eigenvalue weighted by molar-refractivity contribution is -0.137. The maximum atomic E-state index is 12.7. The van der Waals surface area contributed by atoms with Crippen LogP contribution < -0.4 is 5.73 Å². The van der Waals surface area contributed by atoms with E-state index in [9.17, 15) is 18.0 Å². The Labute approximate surface area is 165 Å². The second-order valence-electron chi connectivity index (χ2n) is 5.94. The fraction of sp³-hybridized carbons (Fsp3) is 0.250. The van der Waals surface area contributed by atoms with Gasteiger partial charge in [0.15, 0.2) is 5.71 Å². The molecule has 0 aromatic heterocycles. The monoisotopic (exact) mass is 407 g/mol. The molecule has 29 heavy (non-hydrogen) atoms. The number of benzene rings is 2. The van der Waals surface area contributed by atoms with Crippen molar-refractivity contribution in [1.82, 2.24) is 0 Å². The first kappa shape index (κ1) is 21.9. The number of amides is 1. The number of nitrogens with zero attached hydrogens (tertiary/aromatic N) is 2. The Morgan fingerprint density at radius 3 is 2.14 bits per heavy atom. The second kappa shape index (κ2) is 9.22. The number of halogens is 3. The summed E-state index contributed by atoms with van der Waals surface area (Å²) >= 11 is 0. The molecule has 9 heteroatoms. The van der Waals surface area contributed by atoms with E-state index in [1.807, 2.05) is 0 Å². The fourth-order valence-electron chi connectivity index (χ4n) is 2.61. The van der Waals surface area contributed by atoms with Gasteiger partial charge in [-0.2, -0.15) is 13.2 Å². The zero-order chi connectivity index (χ0) is 21.6. The molecule has 0 aliphatic heterocycles. The predicted octanol–water partition coefficient (Wildman–Crippen LogP) is 3.70. The average Bonchev–Trinajstić information content (AvgIpc) is 2.69. The van der Waals surface area contributed by atoms with Crippen molar-refractivity contribution in [3.05, 3.63) is 70.8 Å². The van der Waals surface area contributed by atoms with Gasteiger partial charge in [-0.05, 0) is 30.7 Å². The van der Waals surface area contributed by atoms with Crippen molar-refractivity contribution in [2.75, 3.05) is 14.2 Å². The molecule has 2 rings (SSSR count). The molecule has 0 bridgehead atoms. The fourth-order valence-corrected chi connectivity index (χ4v) is 2.61. The molecule has 0 spiro atoms. The van der Waals surface area contributed by atoms with E-state index in [0.717, 1.165) is 12.1 Å². The first-order chi connectivity index (χ1) is 13.7. The van der Waals surface area contributed by atoms with Gasteiger partial charge in [0.1, 0.15) is 13.2 Å². The number of hydrogen-bond acceptors (Lipinski definition) is 5. The Morgan fingerprint density at radius 1 is 1.07 bits per heavy atom. The highest BCUT2D eigenvalue weighted by molar-refractivity contribution is 6.45. The van der Waals surface area contributed by atoms with Gasteiger partial charge >= 0.3 is 6.18 Å². The lowest BCUT2D eigenvalue weighted by Gasteiger charge is -2.19. The molecule has 0 saturated carbocycles. The van der Waals surface area contributed by atoms with E-state index < -0.39 is 23.8 Å². The number of alkyl halides is 3. The summed E-state index contributed by atoms with van der Waals surface area (Å²) < 4.78 is 44.1. The van der Waals surface area contributed by atoms with E-state index in [1.54, 1.807) is 31.2 Å². The molecule has 2 aromatic rings. The number of hydrogen-bond donors (Lipinski definition) is 1. The molecule has 2 aromatic carbocycles. The number of nitrogens with two attached hydrogens (primary N) is 1. The van der Waals surface area contributed by atoms with E-state index in [4.69, 9.17) is 15.3 Å². The van der Waals surface area contributed by atoms with E-state index in [-0.39, 0.29) is 11.6 Å². The molecule has 6 nitrogen and oxygen atoms in total. The standard InChI is InChI=1S/C20H20F3N3O3/c1-12(13-8-10-14(11-9-13)20(21,22)23)29-19(25-2)16-7-5-4-6-15(16)17(18(24)27)26-28-3/h4-12H,1-3H3,(H2,24,27)/b25-19?,26-17-. The van der Waals surface area contributed by atoms with Crippen LogP contribution in [0.2, 0.25) is 0 Å². The molecule has 0 aliphatic rings. The summed E-state index contributed by atoms with van der Waals surface area (Å²) in [4.78, 5) is 20.5. The van der Waals surface area contributed by atoms with E-state index in [2.05, 4.69) is 10.1 Å². The van der Waals surface area contributed by atoms with Crippen LogP contribution in [0.1, 0.15) is 35.3 Å². The Bertz CT molecular complexity index is 923. The topological polar surface area (TPSA) is 86.3 Å². The second-order valence-corrected chi connectivity index (χ2v) is 5.94. The quantitative estimate of drug-likeness (QED) is 0.450. The van der Waals surface area contributed by atoms with Crippen molar-refractivity contribution in [3.63, 3.8) is 0 Å². The van der Waals surface area contributed by atoms with Gasteiger partial charge in [-0.15, -0.1) is 0 Å². The van der Waals surface area contributed by atoms with Gasteiger partial charge in [0.2, 0.25) is 5.90 Å². The number of rotatable bonds is 6. The Morgan fingerprint density at radius 2 is 1.66 bits per heavy atom. The minimum atomic E-state index is -4.41. The van der Waals surface area contributed by atoms with Gasteiger partial charge in [-0.3, -0.25) is 9.79 Å². The van der Waals surface area contributed by atoms with Gasteiger partial charge in [0.25, 0.3) is 5.91 Å². The number of aliphatic imine (C=N–C) groups is 1. The summed E-state index contributed by atoms with van der Waals surface area (Å²) in [5.74, 6) is -0.636. The summed E-state index contributed by atoms with van der Waals surface area (Å²) in [6.45, 7) is 1.68. The van der Waals surface area contributed by atoms with Crippen molar-refractivity contribution >= 4 is 17.5 Å². The smallest absolute Gasteiger partial charge is 0.416 e. The van der Waals surface area contributed by atoms with E-state index >= 15 is 0 Å². The normalized spacial score (nSPS) is 13.7. The van der Waals surface area contributed by atoms with Crippen LogP contribution >= 0.6 is 0 Å². The third kappa shape index (κ3) is 5.34. The highest BCUT2D eigenvalue weighted by atomic mass is 19.4. The zero-order valence-electron chi connectivity index (χ0n) is 16.0. The molecular weight excluding hydrogens is 387 g/mol. The van der Waals surface area contributed by atoms with Crippen molar-refractivity contribution in [2.45, 2.75) is 19.2 Å². The van der Waals surface area contributed by atoms with E-state index in [0.29, 0.717) is 16.7 Å². The number of carbonyl (C=O) groups is 1. The van der Waals surface area contributed by atoms with Crippen LogP contribution in [0, 0.1) is 0 Å². The number of primary amides is 1. The van der Waals surface area contributed by atoms with Crippen LogP contribution in [0.4, 0.5) is 13.2 Å². The number of carbonyl (C=O) groups excluding carboxylic acids is 1. The van der Waals surface area contributed by atoms with E-state index in [1.165, 1.54) is 26.3 Å². The molecule has 0 saturated heterocycles. The van der Waals surface area contributed by atoms with Crippen LogP contribution in [0.5, 0.6) is 0 Å². The van der Waals surface area contributed by atoms with Gasteiger partial charge in [-0.25, -0.2) is 0 Å². The van der Waals surface area contributed by atoms with Crippen LogP contribution in [0.15, 0.2) is 58.7 Å². The summed E-state index contributed by atoms with van der Waals surface area (Å²) in [6, 6.07) is 11.3. The Kier molecular flexibility index (Phi) is 6.98. The highest BCUT2D eigenvalue weighted by Crippen LogP contribution is 2.30. The van der Waals surface area contributed by atoms with Crippen LogP contribution in [0.3, 0.4) is 0 Å². The lowest BCUT2D eigenvalue weighted by atomic mass is 10.0. The Hall–Kier alpha value is -3.36. The highest BCUT2D eigenvalue weighted by Gasteiger charge is 2.30. The molecule has 1 amide bonds. The lowest BCUT2D eigenvalue weighted by Crippen LogP contribution is -2.27. The van der Waals surface area contributed by atoms with Crippen molar-refractivity contribution < 1.29 is 27.5 Å². The molecule has 0 aliphatic carbocycles. The molecular formula is C20H20F3N3O3. The number of oxime groups is 1. The molecule has 154 valence electrons. The Balaban J connectivity index is 2.34. The maximum Gasteiger partial charge on any atom is 0.416 e. The summed E-state index contributed by atoms with van der Waals surface area (Å²) in [5, 5.41) is 3.67. The molecule has 0 radical (unpaired) electrons. The number of ether oxygens (including phenoxy) is 1. The molecule has 0 heterocycles. The molecule has 1 unspecified atom stereocenters. The SMILES string of the molecule is CN=C(OC(C)c1ccc(C(F)(F)F)cc1)c1ccccc1/C(=N/OC)C(N)=O. The van der Waals surface area contributed by atoms with Gasteiger partial charge in [-0.1, -0.05) is 35.5 Å². The van der Waals surface area contributed by atoms with Crippen molar-refractivity contribution in [3.8, 4) is 0 Å². The van der Waals surface area contributed by atoms with Crippen LogP contribution in [-0.4, -0.2) is 31.7 Å².